The number of hydrogen-bond donors (Lipinski definition) is 3. The second-order valence-corrected chi connectivity index (χ2v) is 10.5. The molecular weight excluding hydrogens is 482 g/mol. The summed E-state index contributed by atoms with van der Waals surface area (Å²) in [7, 11) is 3.94. The second-order valence-electron chi connectivity index (χ2n) is 10.5. The summed E-state index contributed by atoms with van der Waals surface area (Å²) in [6.45, 7) is 6.75. The largest absolute Gasteiger partial charge is 0.381 e. The molecule has 11 heteroatoms. The van der Waals surface area contributed by atoms with Gasteiger partial charge in [0.15, 0.2) is 11.5 Å². The van der Waals surface area contributed by atoms with Crippen LogP contribution in [0.15, 0.2) is 36.8 Å². The Labute approximate surface area is 221 Å². The van der Waals surface area contributed by atoms with E-state index in [2.05, 4.69) is 51.7 Å². The molecule has 0 bridgehead atoms. The number of nitrogens with zero attached hydrogens (tertiary/aromatic N) is 6. The second kappa shape index (κ2) is 9.80. The molecule has 0 radical (unpaired) electrons. The van der Waals surface area contributed by atoms with Gasteiger partial charge in [-0.25, -0.2) is 19.5 Å². The Morgan fingerprint density at radius 2 is 2.00 bits per heavy atom. The molecule has 4 atom stereocenters. The monoisotopic (exact) mass is 515 g/mol. The average Bonchev–Trinajstić information content (AvgIpc) is 3.48. The number of morpholine rings is 1. The normalized spacial score (nSPS) is 23.5. The fourth-order valence-corrected chi connectivity index (χ4v) is 5.21. The van der Waals surface area contributed by atoms with Crippen molar-refractivity contribution < 1.29 is 9.53 Å². The van der Waals surface area contributed by atoms with Crippen LogP contribution in [0.2, 0.25) is 0 Å². The third kappa shape index (κ3) is 4.86. The summed E-state index contributed by atoms with van der Waals surface area (Å²) in [5.74, 6) is 2.26. The number of rotatable bonds is 7. The van der Waals surface area contributed by atoms with E-state index in [4.69, 9.17) is 14.8 Å². The molecule has 4 aromatic rings. The number of pyridine rings is 3. The lowest BCUT2D eigenvalue weighted by molar-refractivity contribution is -0.117. The summed E-state index contributed by atoms with van der Waals surface area (Å²) in [6.07, 6.45) is 6.69. The number of aromatic nitrogens is 5. The van der Waals surface area contributed by atoms with Crippen molar-refractivity contribution in [3.63, 3.8) is 0 Å². The molecule has 3 N–H and O–H groups in total. The molecule has 11 nitrogen and oxygen atoms in total. The SMILES string of the molecule is CNc1ncc(-c2nc3ccc(NCC4CN(C)CC(C)O4)cn3n2)c2cc(NC(=O)[C@H]3C[C@H]3C)ncc12. The van der Waals surface area contributed by atoms with E-state index in [9.17, 15) is 4.79 Å². The van der Waals surface area contributed by atoms with Gasteiger partial charge in [-0.2, -0.15) is 0 Å². The van der Waals surface area contributed by atoms with Gasteiger partial charge in [-0.15, -0.1) is 5.10 Å². The first kappa shape index (κ1) is 24.5. The van der Waals surface area contributed by atoms with E-state index in [0.717, 1.165) is 47.2 Å². The van der Waals surface area contributed by atoms with Crippen molar-refractivity contribution >= 4 is 39.6 Å². The van der Waals surface area contributed by atoms with Crippen LogP contribution in [0.5, 0.6) is 0 Å². The Bertz CT molecular complexity index is 1490. The van der Waals surface area contributed by atoms with Gasteiger partial charge in [0.1, 0.15) is 11.6 Å². The number of carbonyl (C=O) groups is 1. The van der Waals surface area contributed by atoms with Crippen molar-refractivity contribution in [1.82, 2.24) is 29.5 Å². The van der Waals surface area contributed by atoms with E-state index in [1.54, 1.807) is 16.9 Å². The smallest absolute Gasteiger partial charge is 0.228 e. The highest BCUT2D eigenvalue weighted by atomic mass is 16.5. The van der Waals surface area contributed by atoms with Crippen LogP contribution in [0.25, 0.3) is 27.8 Å². The molecule has 0 spiro atoms. The molecule has 1 saturated heterocycles. The summed E-state index contributed by atoms with van der Waals surface area (Å²) >= 11 is 0. The van der Waals surface area contributed by atoms with Gasteiger partial charge in [-0.1, -0.05) is 6.92 Å². The lowest BCUT2D eigenvalue weighted by Crippen LogP contribution is -2.47. The van der Waals surface area contributed by atoms with E-state index >= 15 is 0 Å². The number of nitrogens with one attached hydrogen (secondary N) is 3. The molecule has 5 heterocycles. The van der Waals surface area contributed by atoms with Crippen molar-refractivity contribution in [2.75, 3.05) is 49.7 Å². The first-order valence-electron chi connectivity index (χ1n) is 13.1. The molecule has 38 heavy (non-hydrogen) atoms. The highest BCUT2D eigenvalue weighted by molar-refractivity contribution is 6.03. The van der Waals surface area contributed by atoms with Gasteiger partial charge in [0.25, 0.3) is 0 Å². The predicted octanol–water partition coefficient (Wildman–Crippen LogP) is 3.11. The zero-order valence-electron chi connectivity index (χ0n) is 22.1. The van der Waals surface area contributed by atoms with E-state index in [-0.39, 0.29) is 24.0 Å². The van der Waals surface area contributed by atoms with Crippen molar-refractivity contribution in [2.45, 2.75) is 32.5 Å². The van der Waals surface area contributed by atoms with Gasteiger partial charge >= 0.3 is 0 Å². The Kier molecular flexibility index (Phi) is 6.32. The number of fused-ring (bicyclic) bond motifs is 2. The van der Waals surface area contributed by atoms with Gasteiger partial charge in [-0.3, -0.25) is 4.79 Å². The van der Waals surface area contributed by atoms with Crippen LogP contribution in [0, 0.1) is 11.8 Å². The lowest BCUT2D eigenvalue weighted by atomic mass is 10.1. The lowest BCUT2D eigenvalue weighted by Gasteiger charge is -2.34. The number of anilines is 3. The molecule has 2 unspecified atom stereocenters. The van der Waals surface area contributed by atoms with Crippen LogP contribution in [0.3, 0.4) is 0 Å². The minimum Gasteiger partial charge on any atom is -0.381 e. The topological polar surface area (TPSA) is 122 Å². The standard InChI is InChI=1S/C27H33N9O2/c1-15-7-19(15)27(37)32-23-8-20-21(10-30-23)25(28-3)31-11-22(20)26-33-24-6-5-17(13-36(24)34-26)29-9-18-14-35(4)12-16(2)38-18/h5-6,8,10-11,13,15-16,18-19,29H,7,9,12,14H2,1-4H3,(H,28,31)(H,30,32,37)/t15-,16?,18?,19+/m1/s1. The first-order valence-corrected chi connectivity index (χ1v) is 13.1. The van der Waals surface area contributed by atoms with E-state index in [1.165, 1.54) is 0 Å². The summed E-state index contributed by atoms with van der Waals surface area (Å²) < 4.78 is 7.83. The summed E-state index contributed by atoms with van der Waals surface area (Å²) in [5, 5.41) is 16.0. The number of amides is 1. The predicted molar refractivity (Wildman–Crippen MR) is 147 cm³/mol. The highest BCUT2D eigenvalue weighted by Gasteiger charge is 2.39. The molecule has 6 rings (SSSR count). The quantitative estimate of drug-likeness (QED) is 0.341. The molecule has 2 aliphatic rings. The van der Waals surface area contributed by atoms with Crippen molar-refractivity contribution in [2.24, 2.45) is 11.8 Å². The van der Waals surface area contributed by atoms with Gasteiger partial charge in [-0.05, 0) is 44.5 Å². The highest BCUT2D eigenvalue weighted by Crippen LogP contribution is 2.39. The third-order valence-corrected chi connectivity index (χ3v) is 7.32. The average molecular weight is 516 g/mol. The summed E-state index contributed by atoms with van der Waals surface area (Å²) in [5.41, 5.74) is 2.43. The zero-order chi connectivity index (χ0) is 26.4. The van der Waals surface area contributed by atoms with Crippen molar-refractivity contribution in [3.8, 4) is 11.4 Å². The van der Waals surface area contributed by atoms with Crippen LogP contribution < -0.4 is 16.0 Å². The summed E-state index contributed by atoms with van der Waals surface area (Å²) in [4.78, 5) is 28.6. The van der Waals surface area contributed by atoms with Crippen LogP contribution in [0.1, 0.15) is 20.3 Å². The maximum absolute atomic E-state index is 12.5. The number of carbonyl (C=O) groups excluding carboxylic acids is 1. The molecule has 1 amide bonds. The van der Waals surface area contributed by atoms with Crippen LogP contribution in [-0.4, -0.2) is 81.3 Å². The fraction of sp³-hybridized carbons (Fsp3) is 0.444. The number of likely N-dealkylation sites (N-methyl/N-ethyl adjacent to an activating group) is 1. The van der Waals surface area contributed by atoms with E-state index in [0.29, 0.717) is 29.9 Å². The maximum atomic E-state index is 12.5. The van der Waals surface area contributed by atoms with Crippen molar-refractivity contribution in [3.05, 3.63) is 36.8 Å². The Balaban J connectivity index is 1.28. The van der Waals surface area contributed by atoms with Crippen LogP contribution >= 0.6 is 0 Å². The zero-order valence-corrected chi connectivity index (χ0v) is 22.1. The minimum atomic E-state index is 0.0133. The molecule has 1 aliphatic carbocycles. The van der Waals surface area contributed by atoms with Gasteiger partial charge < -0.3 is 25.6 Å². The van der Waals surface area contributed by atoms with Gasteiger partial charge in [0.2, 0.25) is 5.91 Å². The van der Waals surface area contributed by atoms with E-state index in [1.807, 2.05) is 31.4 Å². The maximum Gasteiger partial charge on any atom is 0.228 e. The van der Waals surface area contributed by atoms with Crippen LogP contribution in [0.4, 0.5) is 17.3 Å². The van der Waals surface area contributed by atoms with Crippen LogP contribution in [-0.2, 0) is 9.53 Å². The number of hydrogen-bond acceptors (Lipinski definition) is 9. The van der Waals surface area contributed by atoms with E-state index < -0.39 is 0 Å². The third-order valence-electron chi connectivity index (χ3n) is 7.32. The molecular formula is C27H33N9O2. The van der Waals surface area contributed by atoms with Gasteiger partial charge in [0.05, 0.1) is 24.1 Å². The molecule has 2 fully saturated rings. The Morgan fingerprint density at radius 1 is 1.16 bits per heavy atom. The molecule has 198 valence electrons. The molecule has 4 aromatic heterocycles. The first-order chi connectivity index (χ1) is 18.4. The molecule has 1 aliphatic heterocycles. The molecule has 1 saturated carbocycles. The Morgan fingerprint density at radius 3 is 2.76 bits per heavy atom. The minimum absolute atomic E-state index is 0.0133. The molecule has 0 aromatic carbocycles. The Hall–Kier alpha value is -3.83. The number of ether oxygens (including phenoxy) is 1. The fourth-order valence-electron chi connectivity index (χ4n) is 5.21. The van der Waals surface area contributed by atoms with Crippen molar-refractivity contribution in [1.29, 1.82) is 0 Å². The summed E-state index contributed by atoms with van der Waals surface area (Å²) in [6, 6.07) is 5.82. The van der Waals surface area contributed by atoms with Gasteiger partial charge in [0, 0.05) is 61.3 Å².